The van der Waals surface area contributed by atoms with Gasteiger partial charge in [0.15, 0.2) is 5.84 Å². The van der Waals surface area contributed by atoms with Crippen LogP contribution >= 0.6 is 11.8 Å². The highest BCUT2D eigenvalue weighted by molar-refractivity contribution is 8.26. The van der Waals surface area contributed by atoms with Crippen LogP contribution in [0.3, 0.4) is 0 Å². The van der Waals surface area contributed by atoms with E-state index in [2.05, 4.69) is 17.0 Å². The number of nitro groups is 1. The number of amidine groups is 2. The second-order valence-electron chi connectivity index (χ2n) is 6.63. The number of aliphatic imine (C=N–C) groups is 1. The third-order valence-electron chi connectivity index (χ3n) is 4.50. The number of nitrogens with one attached hydrogen (secondary N) is 1. The molecule has 4 rings (SSSR count). The van der Waals surface area contributed by atoms with E-state index in [0.717, 1.165) is 24.3 Å². The van der Waals surface area contributed by atoms with Gasteiger partial charge in [-0.15, -0.1) is 0 Å². The molecule has 1 N–H and O–H groups in total. The summed E-state index contributed by atoms with van der Waals surface area (Å²) in [6.45, 7) is 2.09. The Morgan fingerprint density at radius 3 is 2.93 bits per heavy atom. The molecular weight excluding hydrogens is 406 g/mol. The predicted molar refractivity (Wildman–Crippen MR) is 115 cm³/mol. The van der Waals surface area contributed by atoms with Crippen molar-refractivity contribution in [1.29, 1.82) is 5.41 Å². The summed E-state index contributed by atoms with van der Waals surface area (Å²) >= 11 is 1.31. The third kappa shape index (κ3) is 3.81. The number of thioether (sulfide) groups is 1. The Bertz CT molecular complexity index is 1150. The molecule has 2 aliphatic rings. The summed E-state index contributed by atoms with van der Waals surface area (Å²) in [5.74, 6) is 0.169. The van der Waals surface area contributed by atoms with Gasteiger partial charge in [-0.3, -0.25) is 20.3 Å². The van der Waals surface area contributed by atoms with Gasteiger partial charge in [-0.2, -0.15) is 15.1 Å². The molecule has 0 atom stereocenters. The average Bonchev–Trinajstić information content (AvgIpc) is 3.36. The number of carbonyl (C=O) groups excluding carboxylic acids is 1. The van der Waals surface area contributed by atoms with Crippen molar-refractivity contribution in [3.05, 3.63) is 57.8 Å². The number of furan rings is 1. The van der Waals surface area contributed by atoms with Crippen molar-refractivity contribution in [2.24, 2.45) is 10.1 Å². The summed E-state index contributed by atoms with van der Waals surface area (Å²) in [5, 5.41) is 26.4. The van der Waals surface area contributed by atoms with Crippen molar-refractivity contribution in [3.63, 3.8) is 0 Å². The Labute approximate surface area is 175 Å². The van der Waals surface area contributed by atoms with E-state index in [-0.39, 0.29) is 17.1 Å². The van der Waals surface area contributed by atoms with Crippen LogP contribution in [0.4, 0.5) is 5.69 Å². The molecule has 0 bridgehead atoms. The quantitative estimate of drug-likeness (QED) is 0.409. The molecule has 0 radical (unpaired) electrons. The lowest BCUT2D eigenvalue weighted by Gasteiger charge is -2.19. The van der Waals surface area contributed by atoms with Gasteiger partial charge in [0.2, 0.25) is 5.17 Å². The number of hydrogen-bond donors (Lipinski definition) is 1. The average molecular weight is 423 g/mol. The van der Waals surface area contributed by atoms with Gasteiger partial charge in [-0.25, -0.2) is 0 Å². The van der Waals surface area contributed by atoms with E-state index >= 15 is 0 Å². The molecule has 0 saturated heterocycles. The number of rotatable bonds is 6. The number of non-ortho nitro benzene ring substituents is 1. The first kappa shape index (κ1) is 19.8. The van der Waals surface area contributed by atoms with E-state index in [1.165, 1.54) is 35.0 Å². The van der Waals surface area contributed by atoms with Crippen LogP contribution in [0.1, 0.15) is 31.9 Å². The Morgan fingerprint density at radius 2 is 2.17 bits per heavy atom. The van der Waals surface area contributed by atoms with Gasteiger partial charge in [0.05, 0.1) is 10.5 Å². The molecule has 1 aromatic carbocycles. The topological polar surface area (TPSA) is 125 Å². The molecule has 0 saturated carbocycles. The van der Waals surface area contributed by atoms with E-state index in [1.807, 2.05) is 0 Å². The zero-order chi connectivity index (χ0) is 21.3. The van der Waals surface area contributed by atoms with Crippen molar-refractivity contribution in [2.75, 3.05) is 0 Å². The number of benzene rings is 1. The molecule has 2 aliphatic heterocycles. The molecule has 9 nitrogen and oxygen atoms in total. The Balaban J connectivity index is 1.60. The fourth-order valence-electron chi connectivity index (χ4n) is 2.96. The first-order chi connectivity index (χ1) is 14.5. The molecule has 2 aromatic rings. The zero-order valence-electron chi connectivity index (χ0n) is 16.0. The minimum absolute atomic E-state index is 0.0434. The van der Waals surface area contributed by atoms with Crippen LogP contribution in [0.15, 0.2) is 56.5 Å². The van der Waals surface area contributed by atoms with Gasteiger partial charge < -0.3 is 4.42 Å². The summed E-state index contributed by atoms with van der Waals surface area (Å²) in [6, 6.07) is 9.37. The fraction of sp³-hybridized carbons (Fsp3) is 0.200. The maximum atomic E-state index is 12.5. The highest BCUT2D eigenvalue weighted by Crippen LogP contribution is 2.31. The summed E-state index contributed by atoms with van der Waals surface area (Å²) in [5.41, 5.74) is 0.568. The van der Waals surface area contributed by atoms with Gasteiger partial charge in [-0.1, -0.05) is 25.5 Å². The van der Waals surface area contributed by atoms with Crippen LogP contribution in [-0.4, -0.2) is 31.9 Å². The van der Waals surface area contributed by atoms with E-state index < -0.39 is 10.8 Å². The molecule has 0 unspecified atom stereocenters. The fourth-order valence-corrected chi connectivity index (χ4v) is 3.89. The number of hydrazone groups is 1. The number of nitrogens with zero attached hydrogens (tertiary/aromatic N) is 4. The van der Waals surface area contributed by atoms with Crippen LogP contribution in [0, 0.1) is 15.5 Å². The highest BCUT2D eigenvalue weighted by Gasteiger charge is 2.35. The second-order valence-corrected chi connectivity index (χ2v) is 7.67. The first-order valence-electron chi connectivity index (χ1n) is 9.30. The summed E-state index contributed by atoms with van der Waals surface area (Å²) in [4.78, 5) is 27.0. The Morgan fingerprint density at radius 1 is 1.33 bits per heavy atom. The van der Waals surface area contributed by atoms with E-state index in [4.69, 9.17) is 9.83 Å². The molecule has 0 fully saturated rings. The molecule has 3 heterocycles. The standard InChI is InChI=1S/C20H17N5O4S/c1-2-3-7-17-23-24-18(21)15(19(26)22-20(24)30-17)11-14-8-9-16(29-14)12-5-4-6-13(10-12)25(27)28/h4-6,8-11,21H,2-3,7H2,1H3. The van der Waals surface area contributed by atoms with Crippen molar-refractivity contribution in [3.8, 4) is 11.3 Å². The van der Waals surface area contributed by atoms with Gasteiger partial charge in [0.1, 0.15) is 16.6 Å². The smallest absolute Gasteiger partial charge is 0.283 e. The monoisotopic (exact) mass is 423 g/mol. The van der Waals surface area contributed by atoms with Crippen molar-refractivity contribution in [1.82, 2.24) is 5.01 Å². The van der Waals surface area contributed by atoms with Gasteiger partial charge in [0.25, 0.3) is 11.6 Å². The largest absolute Gasteiger partial charge is 0.457 e. The second kappa shape index (κ2) is 8.07. The molecule has 0 spiro atoms. The van der Waals surface area contributed by atoms with Crippen molar-refractivity contribution >= 4 is 45.5 Å². The van der Waals surface area contributed by atoms with Crippen molar-refractivity contribution < 1.29 is 14.1 Å². The highest BCUT2D eigenvalue weighted by atomic mass is 32.2. The third-order valence-corrected chi connectivity index (χ3v) is 5.46. The molecule has 152 valence electrons. The minimum Gasteiger partial charge on any atom is -0.457 e. The summed E-state index contributed by atoms with van der Waals surface area (Å²) in [7, 11) is 0. The van der Waals surface area contributed by atoms with E-state index in [9.17, 15) is 14.9 Å². The maximum Gasteiger partial charge on any atom is 0.283 e. The van der Waals surface area contributed by atoms with Gasteiger partial charge in [-0.05, 0) is 42.8 Å². The van der Waals surface area contributed by atoms with Crippen LogP contribution in [0.25, 0.3) is 17.4 Å². The van der Waals surface area contributed by atoms with E-state index in [0.29, 0.717) is 22.3 Å². The van der Waals surface area contributed by atoms with Crippen LogP contribution in [0.5, 0.6) is 0 Å². The Hall–Kier alpha value is -3.53. The maximum absolute atomic E-state index is 12.5. The number of nitro benzene ring substituents is 1. The number of hydrogen-bond acceptors (Lipinski definition) is 7. The molecule has 1 aromatic heterocycles. The SMILES string of the molecule is CCCCC1=NN2C(=N)C(=Cc3ccc(-c4cccc([N+](=O)[O-])c4)o3)C(=O)N=C2S1. The molecule has 1 amide bonds. The Kier molecular flexibility index (Phi) is 5.32. The lowest BCUT2D eigenvalue weighted by atomic mass is 10.1. The van der Waals surface area contributed by atoms with Crippen LogP contribution < -0.4 is 0 Å². The summed E-state index contributed by atoms with van der Waals surface area (Å²) in [6.07, 6.45) is 4.22. The molecule has 10 heteroatoms. The number of carbonyl (C=O) groups is 1. The zero-order valence-corrected chi connectivity index (χ0v) is 16.8. The van der Waals surface area contributed by atoms with Crippen LogP contribution in [0.2, 0.25) is 0 Å². The normalized spacial score (nSPS) is 17.2. The molecular formula is C20H17N5O4S. The number of amides is 1. The van der Waals surface area contributed by atoms with Gasteiger partial charge in [0, 0.05) is 17.7 Å². The molecule has 0 aliphatic carbocycles. The lowest BCUT2D eigenvalue weighted by molar-refractivity contribution is -0.384. The molecule has 30 heavy (non-hydrogen) atoms. The van der Waals surface area contributed by atoms with Crippen molar-refractivity contribution in [2.45, 2.75) is 26.2 Å². The summed E-state index contributed by atoms with van der Waals surface area (Å²) < 4.78 is 5.73. The number of unbranched alkanes of at least 4 members (excludes halogenated alkanes) is 1. The first-order valence-corrected chi connectivity index (χ1v) is 10.1. The van der Waals surface area contributed by atoms with Crippen LogP contribution in [-0.2, 0) is 4.79 Å². The lowest BCUT2D eigenvalue weighted by Crippen LogP contribution is -2.35. The minimum atomic E-state index is -0.529. The van der Waals surface area contributed by atoms with Gasteiger partial charge >= 0.3 is 0 Å². The van der Waals surface area contributed by atoms with E-state index in [1.54, 1.807) is 24.3 Å². The number of fused-ring (bicyclic) bond motifs is 1. The predicted octanol–water partition coefficient (Wildman–Crippen LogP) is 4.66.